The third kappa shape index (κ3) is 5.20. The van der Waals surface area contributed by atoms with Crippen LogP contribution in [0.15, 0.2) is 47.4 Å². The Morgan fingerprint density at radius 3 is 2.59 bits per heavy atom. The number of carboxylic acids is 1. The van der Waals surface area contributed by atoms with Crippen molar-refractivity contribution in [1.82, 2.24) is 9.80 Å². The van der Waals surface area contributed by atoms with Crippen LogP contribution in [0.4, 0.5) is 9.18 Å². The number of nitrogens with zero attached hydrogens (tertiary/aromatic N) is 2. The van der Waals surface area contributed by atoms with Crippen molar-refractivity contribution in [1.29, 1.82) is 0 Å². The Morgan fingerprint density at radius 1 is 1.26 bits per heavy atom. The predicted molar refractivity (Wildman–Crippen MR) is 127 cm³/mol. The van der Waals surface area contributed by atoms with E-state index in [-0.39, 0.29) is 32.7 Å². The summed E-state index contributed by atoms with van der Waals surface area (Å²) in [6.45, 7) is -0.192. The number of thiocarbonyl (C=S) groups is 1. The number of carbonyl (C=O) groups is 3. The molecule has 2 aliphatic rings. The Morgan fingerprint density at radius 2 is 1.97 bits per heavy atom. The molecular formula is C23H19FN2O6S2. The standard InChI is InChI=1S/C23H19FN2O6S2/c1-25-15(12-31-22(25)30)8-13-2-5-16(6-3-13)32-17-7-4-14(18(24)10-17)9-19-21(29)26(11-20(27)28)23(33)34-19/h2-7,9-10,15H,8,11-12H2,1H3,(H,27,28). The number of cyclic esters (lactones) is 1. The Hall–Kier alpha value is -3.44. The summed E-state index contributed by atoms with van der Waals surface area (Å²) in [5.74, 6) is -1.58. The van der Waals surface area contributed by atoms with Gasteiger partial charge in [-0.05, 0) is 42.3 Å². The lowest BCUT2D eigenvalue weighted by Gasteiger charge is -2.16. The molecule has 2 fully saturated rings. The Kier molecular flexibility index (Phi) is 6.85. The summed E-state index contributed by atoms with van der Waals surface area (Å²) in [5, 5.41) is 8.90. The number of benzene rings is 2. The van der Waals surface area contributed by atoms with Crippen LogP contribution in [0.1, 0.15) is 11.1 Å². The van der Waals surface area contributed by atoms with E-state index in [0.717, 1.165) is 22.2 Å². The fourth-order valence-electron chi connectivity index (χ4n) is 3.43. The van der Waals surface area contributed by atoms with Crippen LogP contribution in [-0.4, -0.2) is 63.4 Å². The Bertz CT molecular complexity index is 1200. The van der Waals surface area contributed by atoms with Crippen LogP contribution in [0.2, 0.25) is 0 Å². The van der Waals surface area contributed by atoms with Gasteiger partial charge in [0.15, 0.2) is 0 Å². The summed E-state index contributed by atoms with van der Waals surface area (Å²) in [4.78, 5) is 37.4. The molecule has 1 atom stereocenters. The number of aliphatic carboxylic acids is 1. The van der Waals surface area contributed by atoms with Crippen LogP contribution >= 0.6 is 24.0 Å². The number of hydrogen-bond acceptors (Lipinski definition) is 7. The van der Waals surface area contributed by atoms with E-state index in [9.17, 15) is 18.8 Å². The zero-order valence-corrected chi connectivity index (χ0v) is 19.5. The quantitative estimate of drug-likeness (QED) is 0.450. The van der Waals surface area contributed by atoms with E-state index >= 15 is 0 Å². The highest BCUT2D eigenvalue weighted by atomic mass is 32.2. The molecule has 2 aliphatic heterocycles. The SMILES string of the molecule is CN1C(=O)OCC1Cc1ccc(Oc2ccc(C=C3SC(=S)N(CC(=O)O)C3=O)c(F)c2)cc1. The average Bonchev–Trinajstić information content (AvgIpc) is 3.24. The molecule has 11 heteroatoms. The van der Waals surface area contributed by atoms with E-state index in [1.807, 2.05) is 12.1 Å². The molecule has 0 spiro atoms. The highest BCUT2D eigenvalue weighted by Gasteiger charge is 2.33. The number of likely N-dealkylation sites (N-methyl/N-ethyl adjacent to an activating group) is 1. The minimum atomic E-state index is -1.19. The Balaban J connectivity index is 1.41. The molecule has 1 N–H and O–H groups in total. The van der Waals surface area contributed by atoms with Crippen LogP contribution in [0.5, 0.6) is 11.5 Å². The van der Waals surface area contributed by atoms with Crippen molar-refractivity contribution in [3.63, 3.8) is 0 Å². The predicted octanol–water partition coefficient (Wildman–Crippen LogP) is 3.90. The minimum Gasteiger partial charge on any atom is -0.480 e. The van der Waals surface area contributed by atoms with Crippen LogP contribution in [-0.2, 0) is 20.7 Å². The lowest BCUT2D eigenvalue weighted by atomic mass is 10.1. The van der Waals surface area contributed by atoms with Gasteiger partial charge in [-0.15, -0.1) is 0 Å². The topological polar surface area (TPSA) is 96.4 Å². The molecule has 4 rings (SSSR count). The van der Waals surface area contributed by atoms with Crippen LogP contribution in [0.25, 0.3) is 6.08 Å². The number of thioether (sulfide) groups is 1. The molecule has 0 aliphatic carbocycles. The van der Waals surface area contributed by atoms with Gasteiger partial charge in [-0.25, -0.2) is 9.18 Å². The maximum Gasteiger partial charge on any atom is 0.409 e. The average molecular weight is 503 g/mol. The van der Waals surface area contributed by atoms with Gasteiger partial charge < -0.3 is 19.5 Å². The minimum absolute atomic E-state index is 0.0227. The van der Waals surface area contributed by atoms with Gasteiger partial charge in [0.1, 0.15) is 34.8 Å². The van der Waals surface area contributed by atoms with Crippen molar-refractivity contribution >= 4 is 52.3 Å². The zero-order chi connectivity index (χ0) is 24.4. The van der Waals surface area contributed by atoms with Crippen molar-refractivity contribution < 1.29 is 33.4 Å². The fraction of sp³-hybridized carbons (Fsp3) is 0.217. The van der Waals surface area contributed by atoms with E-state index < -0.39 is 24.2 Å². The second-order valence-corrected chi connectivity index (χ2v) is 9.31. The first-order chi connectivity index (χ1) is 16.2. The largest absolute Gasteiger partial charge is 0.480 e. The summed E-state index contributed by atoms with van der Waals surface area (Å²) in [6, 6.07) is 11.5. The van der Waals surface area contributed by atoms with Crippen LogP contribution in [0, 0.1) is 5.82 Å². The van der Waals surface area contributed by atoms with E-state index in [4.69, 9.17) is 26.8 Å². The number of carbonyl (C=O) groups excluding carboxylic acids is 2. The van der Waals surface area contributed by atoms with E-state index in [2.05, 4.69) is 0 Å². The lowest BCUT2D eigenvalue weighted by Crippen LogP contribution is -2.33. The summed E-state index contributed by atoms with van der Waals surface area (Å²) in [5.41, 5.74) is 1.15. The molecular weight excluding hydrogens is 483 g/mol. The highest BCUT2D eigenvalue weighted by molar-refractivity contribution is 8.26. The molecule has 8 nitrogen and oxygen atoms in total. The smallest absolute Gasteiger partial charge is 0.409 e. The Labute approximate surface area is 203 Å². The second kappa shape index (κ2) is 9.82. The van der Waals surface area contributed by atoms with E-state index in [0.29, 0.717) is 18.8 Å². The summed E-state index contributed by atoms with van der Waals surface area (Å²) < 4.78 is 25.5. The molecule has 2 heterocycles. The molecule has 1 unspecified atom stereocenters. The fourth-order valence-corrected chi connectivity index (χ4v) is 4.67. The molecule has 0 aromatic heterocycles. The van der Waals surface area contributed by atoms with Crippen molar-refractivity contribution in [2.75, 3.05) is 20.2 Å². The van der Waals surface area contributed by atoms with Gasteiger partial charge in [-0.3, -0.25) is 14.5 Å². The number of amides is 2. The van der Waals surface area contributed by atoms with E-state index in [1.165, 1.54) is 18.2 Å². The third-order valence-electron chi connectivity index (χ3n) is 5.29. The molecule has 2 aromatic rings. The van der Waals surface area contributed by atoms with Gasteiger partial charge in [0.2, 0.25) is 0 Å². The zero-order valence-electron chi connectivity index (χ0n) is 17.9. The van der Waals surface area contributed by atoms with Gasteiger partial charge in [0.25, 0.3) is 5.91 Å². The van der Waals surface area contributed by atoms with Gasteiger partial charge in [0, 0.05) is 18.7 Å². The van der Waals surface area contributed by atoms with Gasteiger partial charge in [-0.1, -0.05) is 36.1 Å². The van der Waals surface area contributed by atoms with Crippen LogP contribution in [0.3, 0.4) is 0 Å². The van der Waals surface area contributed by atoms with Gasteiger partial charge >= 0.3 is 12.1 Å². The molecule has 2 amide bonds. The molecule has 0 bridgehead atoms. The molecule has 2 saturated heterocycles. The first-order valence-corrected chi connectivity index (χ1v) is 11.4. The lowest BCUT2D eigenvalue weighted by molar-refractivity contribution is -0.140. The monoisotopic (exact) mass is 502 g/mol. The molecule has 2 aromatic carbocycles. The van der Waals surface area contributed by atoms with Crippen molar-refractivity contribution in [3.05, 3.63) is 64.3 Å². The third-order valence-corrected chi connectivity index (χ3v) is 6.67. The summed E-state index contributed by atoms with van der Waals surface area (Å²) in [6.07, 6.45) is 1.65. The number of rotatable bonds is 7. The van der Waals surface area contributed by atoms with Crippen LogP contribution < -0.4 is 4.74 Å². The molecule has 0 saturated carbocycles. The first-order valence-electron chi connectivity index (χ1n) is 10.1. The summed E-state index contributed by atoms with van der Waals surface area (Å²) in [7, 11) is 1.70. The number of ether oxygens (including phenoxy) is 2. The first kappa shape index (κ1) is 23.7. The van der Waals surface area contributed by atoms with Crippen molar-refractivity contribution in [3.8, 4) is 11.5 Å². The normalized spacial score (nSPS) is 19.2. The van der Waals surface area contributed by atoms with E-state index in [1.54, 1.807) is 30.1 Å². The number of hydrogen-bond donors (Lipinski definition) is 1. The second-order valence-electron chi connectivity index (χ2n) is 7.64. The van der Waals surface area contributed by atoms with Crippen molar-refractivity contribution in [2.45, 2.75) is 12.5 Å². The maximum atomic E-state index is 14.7. The van der Waals surface area contributed by atoms with Gasteiger partial charge in [0.05, 0.1) is 10.9 Å². The molecule has 0 radical (unpaired) electrons. The van der Waals surface area contributed by atoms with Crippen molar-refractivity contribution in [2.24, 2.45) is 0 Å². The summed E-state index contributed by atoms with van der Waals surface area (Å²) >= 11 is 5.97. The highest BCUT2D eigenvalue weighted by Crippen LogP contribution is 2.33. The maximum absolute atomic E-state index is 14.7. The molecule has 34 heavy (non-hydrogen) atoms. The molecule has 176 valence electrons. The van der Waals surface area contributed by atoms with Gasteiger partial charge in [-0.2, -0.15) is 0 Å². The number of carboxylic acid groups (broad SMARTS) is 1. The number of halogens is 1.